The summed E-state index contributed by atoms with van der Waals surface area (Å²) in [6.45, 7) is 0.0680. The summed E-state index contributed by atoms with van der Waals surface area (Å²) < 4.78 is 13.8. The lowest BCUT2D eigenvalue weighted by Crippen LogP contribution is -2.29. The summed E-state index contributed by atoms with van der Waals surface area (Å²) in [4.78, 5) is 36.6. The molecule has 0 saturated heterocycles. The van der Waals surface area contributed by atoms with Crippen LogP contribution in [-0.4, -0.2) is 62.2 Å². The largest absolute Gasteiger partial charge is 0.493 e. The number of nitro groups is 1. The summed E-state index contributed by atoms with van der Waals surface area (Å²) in [5.41, 5.74) is 2.62. The van der Waals surface area contributed by atoms with Gasteiger partial charge in [0.1, 0.15) is 0 Å². The molecule has 0 saturated carbocycles. The van der Waals surface area contributed by atoms with Gasteiger partial charge in [0.15, 0.2) is 22.5 Å². The Morgan fingerprint density at radius 3 is 2.47 bits per heavy atom. The number of aromatic nitrogens is 3. The van der Waals surface area contributed by atoms with Gasteiger partial charge in [0.2, 0.25) is 0 Å². The van der Waals surface area contributed by atoms with Crippen LogP contribution in [0.25, 0.3) is 0 Å². The molecule has 0 aliphatic carbocycles. The van der Waals surface area contributed by atoms with Crippen LogP contribution in [0.5, 0.6) is 11.5 Å². The molecule has 4 aromatic rings. The number of carbonyl (C=O) groups is 2. The maximum absolute atomic E-state index is 13.7. The fourth-order valence-corrected chi connectivity index (χ4v) is 5.83. The van der Waals surface area contributed by atoms with E-state index < -0.39 is 16.9 Å². The number of nitrogens with one attached hydrogen (secondary N) is 1. The molecule has 0 spiro atoms. The third kappa shape index (κ3) is 6.99. The number of hydrogen-bond donors (Lipinski definition) is 1. The highest BCUT2D eigenvalue weighted by molar-refractivity contribution is 9.10. The van der Waals surface area contributed by atoms with Gasteiger partial charge in [-0.1, -0.05) is 52.0 Å². The molecular formula is C30H28BrN7O6S. The zero-order chi connectivity index (χ0) is 32.1. The van der Waals surface area contributed by atoms with Gasteiger partial charge in [0.25, 0.3) is 17.5 Å². The van der Waals surface area contributed by atoms with Crippen molar-refractivity contribution in [3.8, 4) is 11.5 Å². The molecule has 2 amide bonds. The molecule has 1 aliphatic heterocycles. The van der Waals surface area contributed by atoms with Gasteiger partial charge in [-0.3, -0.25) is 19.7 Å². The summed E-state index contributed by atoms with van der Waals surface area (Å²) in [6, 6.07) is 18.2. The second-order valence-electron chi connectivity index (χ2n) is 9.83. The van der Waals surface area contributed by atoms with Crippen LogP contribution in [0.4, 0.5) is 5.69 Å². The molecule has 15 heteroatoms. The number of para-hydroxylation sites is 1. The molecule has 0 bridgehead atoms. The fourth-order valence-electron chi connectivity index (χ4n) is 4.79. The van der Waals surface area contributed by atoms with Crippen LogP contribution in [0.2, 0.25) is 0 Å². The Hall–Kier alpha value is -4.76. The molecule has 1 atom stereocenters. The average molecular weight is 695 g/mol. The molecule has 13 nitrogen and oxygen atoms in total. The Balaban J connectivity index is 1.29. The number of thioether (sulfide) groups is 1. The van der Waals surface area contributed by atoms with Crippen molar-refractivity contribution in [1.29, 1.82) is 0 Å². The zero-order valence-electron chi connectivity index (χ0n) is 24.5. The van der Waals surface area contributed by atoms with Gasteiger partial charge in [-0.05, 0) is 35.9 Å². The Kier molecular flexibility index (Phi) is 9.78. The molecule has 45 heavy (non-hydrogen) atoms. The average Bonchev–Trinajstić information content (AvgIpc) is 3.66. The molecule has 0 radical (unpaired) electrons. The normalized spacial score (nSPS) is 14.2. The summed E-state index contributed by atoms with van der Waals surface area (Å²) in [7, 11) is 4.87. The van der Waals surface area contributed by atoms with Crippen molar-refractivity contribution in [2.75, 3.05) is 20.0 Å². The minimum atomic E-state index is -0.529. The van der Waals surface area contributed by atoms with Crippen LogP contribution in [0, 0.1) is 10.1 Å². The number of nitrogens with zero attached hydrogens (tertiary/aromatic N) is 6. The van der Waals surface area contributed by atoms with E-state index in [4.69, 9.17) is 14.6 Å². The molecule has 0 fully saturated rings. The minimum Gasteiger partial charge on any atom is -0.493 e. The molecule has 3 aromatic carbocycles. The minimum absolute atomic E-state index is 0.0288. The Bertz CT molecular complexity index is 1760. The number of methoxy groups -OCH3 is 2. The first-order valence-electron chi connectivity index (χ1n) is 13.6. The molecule has 0 unspecified atom stereocenters. The lowest BCUT2D eigenvalue weighted by molar-refractivity contribution is -0.384. The van der Waals surface area contributed by atoms with Crippen molar-refractivity contribution in [3.05, 3.63) is 104 Å². The van der Waals surface area contributed by atoms with E-state index in [0.717, 1.165) is 21.3 Å². The van der Waals surface area contributed by atoms with Gasteiger partial charge in [0, 0.05) is 41.2 Å². The van der Waals surface area contributed by atoms with Crippen molar-refractivity contribution in [2.24, 2.45) is 12.1 Å². The molecular weight excluding hydrogens is 666 g/mol. The van der Waals surface area contributed by atoms with Gasteiger partial charge in [-0.25, -0.2) is 5.01 Å². The van der Waals surface area contributed by atoms with E-state index in [9.17, 15) is 19.7 Å². The molecule has 1 aromatic heterocycles. The van der Waals surface area contributed by atoms with Crippen LogP contribution in [-0.2, 0) is 18.4 Å². The first kappa shape index (κ1) is 31.7. The van der Waals surface area contributed by atoms with Crippen LogP contribution >= 0.6 is 27.7 Å². The van der Waals surface area contributed by atoms with E-state index in [-0.39, 0.29) is 29.5 Å². The second kappa shape index (κ2) is 13.9. The van der Waals surface area contributed by atoms with E-state index in [1.54, 1.807) is 31.9 Å². The van der Waals surface area contributed by atoms with Crippen molar-refractivity contribution in [2.45, 2.75) is 24.2 Å². The Morgan fingerprint density at radius 1 is 1.07 bits per heavy atom. The summed E-state index contributed by atoms with van der Waals surface area (Å²) in [5, 5.41) is 28.7. The predicted octanol–water partition coefficient (Wildman–Crippen LogP) is 4.90. The van der Waals surface area contributed by atoms with E-state index in [0.29, 0.717) is 28.9 Å². The van der Waals surface area contributed by atoms with Crippen LogP contribution in [0.1, 0.15) is 39.8 Å². The van der Waals surface area contributed by atoms with Gasteiger partial charge in [0.05, 0.1) is 43.2 Å². The van der Waals surface area contributed by atoms with Crippen LogP contribution in [0.15, 0.2) is 81.5 Å². The first-order valence-corrected chi connectivity index (χ1v) is 15.4. The maximum Gasteiger partial charge on any atom is 0.269 e. The number of ether oxygens (including phenoxy) is 2. The third-order valence-electron chi connectivity index (χ3n) is 7.13. The highest BCUT2D eigenvalue weighted by Crippen LogP contribution is 2.42. The van der Waals surface area contributed by atoms with Crippen LogP contribution < -0.4 is 14.8 Å². The number of non-ortho nitro benzene ring substituents is 1. The third-order valence-corrected chi connectivity index (χ3v) is 8.67. The highest BCUT2D eigenvalue weighted by Gasteiger charge is 2.35. The Morgan fingerprint density at radius 2 is 1.80 bits per heavy atom. The highest BCUT2D eigenvalue weighted by atomic mass is 79.9. The number of carbonyl (C=O) groups excluding carboxylic acids is 2. The van der Waals surface area contributed by atoms with Crippen molar-refractivity contribution >= 4 is 50.9 Å². The quantitative estimate of drug-likeness (QED) is 0.131. The SMILES string of the molecule is COc1cccc([C@@H]2CC(c3ccc(Br)cc3)=NN2C(=O)CSc2nnc(CNC(=O)c3ccc([N+](=O)[O-])cc3)n2C)c1OC. The summed E-state index contributed by atoms with van der Waals surface area (Å²) >= 11 is 4.67. The van der Waals surface area contributed by atoms with Gasteiger partial charge < -0.3 is 19.4 Å². The van der Waals surface area contributed by atoms with E-state index in [2.05, 4.69) is 31.4 Å². The van der Waals surface area contributed by atoms with E-state index >= 15 is 0 Å². The number of nitro benzene ring substituents is 1. The summed E-state index contributed by atoms with van der Waals surface area (Å²) in [6.07, 6.45) is 0.476. The molecule has 1 aliphatic rings. The molecule has 5 rings (SSSR count). The fraction of sp³-hybridized carbons (Fsp3) is 0.233. The number of benzene rings is 3. The first-order chi connectivity index (χ1) is 21.7. The van der Waals surface area contributed by atoms with E-state index in [1.165, 1.54) is 41.0 Å². The van der Waals surface area contributed by atoms with Crippen molar-refractivity contribution < 1.29 is 24.0 Å². The number of hydrogen-bond acceptors (Lipinski definition) is 10. The standard InChI is InChI=1S/C30H28BrN7O6S/c1-36-26(16-32-29(40)19-9-13-21(14-10-19)38(41)42)33-34-30(36)45-17-27(39)37-24(22-5-4-6-25(43-2)28(22)44-3)15-23(35-37)18-7-11-20(31)12-8-18/h4-14,24H,15-17H2,1-3H3,(H,32,40)/t24-/m0/s1. The number of amides is 2. The number of rotatable bonds is 11. The Labute approximate surface area is 270 Å². The van der Waals surface area contributed by atoms with Crippen molar-refractivity contribution in [3.63, 3.8) is 0 Å². The predicted molar refractivity (Wildman–Crippen MR) is 170 cm³/mol. The monoisotopic (exact) mass is 693 g/mol. The van der Waals surface area contributed by atoms with E-state index in [1.807, 2.05) is 36.4 Å². The van der Waals surface area contributed by atoms with Gasteiger partial charge in [-0.2, -0.15) is 5.10 Å². The van der Waals surface area contributed by atoms with Crippen molar-refractivity contribution in [1.82, 2.24) is 25.1 Å². The van der Waals surface area contributed by atoms with Gasteiger partial charge in [-0.15, -0.1) is 10.2 Å². The zero-order valence-corrected chi connectivity index (χ0v) is 26.9. The topological polar surface area (TPSA) is 154 Å². The number of halogens is 1. The molecule has 1 N–H and O–H groups in total. The smallest absolute Gasteiger partial charge is 0.269 e. The molecule has 232 valence electrons. The maximum atomic E-state index is 13.7. The summed E-state index contributed by atoms with van der Waals surface area (Å²) in [5.74, 6) is 0.942. The van der Waals surface area contributed by atoms with Crippen LogP contribution in [0.3, 0.4) is 0 Å². The van der Waals surface area contributed by atoms with Gasteiger partial charge >= 0.3 is 0 Å². The lowest BCUT2D eigenvalue weighted by atomic mass is 9.97. The number of hydrazone groups is 1. The molecule has 2 heterocycles. The lowest BCUT2D eigenvalue weighted by Gasteiger charge is -2.24. The second-order valence-corrected chi connectivity index (χ2v) is 11.7.